The number of hydrogen-bond donors (Lipinski definition) is 0. The first kappa shape index (κ1) is 25.5. The number of carbonyl (C=O) groups is 2. The molecule has 0 N–H and O–H groups in total. The standard InChI is InChI=1S/C24H43NO4/c1-3-5-6-7-8-9-10-11-12-13-14-15-21-28-23(26)22-16-18-25(19-17-22)24(27)29-20-4-2/h4,22H,2-3,5-21H2,1H3. The number of likely N-dealkylation sites (tertiary alicyclic amines) is 1. The Kier molecular flexibility index (Phi) is 15.3. The molecule has 0 aliphatic carbocycles. The van der Waals surface area contributed by atoms with Crippen LogP contribution < -0.4 is 0 Å². The second kappa shape index (κ2) is 17.3. The van der Waals surface area contributed by atoms with E-state index in [-0.39, 0.29) is 24.6 Å². The number of ether oxygens (including phenoxy) is 2. The van der Waals surface area contributed by atoms with Gasteiger partial charge in [-0.1, -0.05) is 90.2 Å². The fourth-order valence-corrected chi connectivity index (χ4v) is 3.75. The molecule has 168 valence electrons. The fraction of sp³-hybridized carbons (Fsp3) is 0.833. The van der Waals surface area contributed by atoms with Crippen molar-refractivity contribution in [3.63, 3.8) is 0 Å². The smallest absolute Gasteiger partial charge is 0.410 e. The predicted molar refractivity (Wildman–Crippen MR) is 118 cm³/mol. The minimum Gasteiger partial charge on any atom is -0.465 e. The van der Waals surface area contributed by atoms with Crippen molar-refractivity contribution in [2.75, 3.05) is 26.3 Å². The molecule has 1 amide bonds. The second-order valence-corrected chi connectivity index (χ2v) is 8.18. The van der Waals surface area contributed by atoms with Crippen molar-refractivity contribution in [1.82, 2.24) is 4.90 Å². The number of piperidine rings is 1. The number of rotatable bonds is 16. The molecule has 0 atom stereocenters. The van der Waals surface area contributed by atoms with Crippen LogP contribution in [0, 0.1) is 5.92 Å². The van der Waals surface area contributed by atoms with Crippen molar-refractivity contribution in [2.24, 2.45) is 5.92 Å². The summed E-state index contributed by atoms with van der Waals surface area (Å²) in [7, 11) is 0. The van der Waals surface area contributed by atoms with Gasteiger partial charge in [0.2, 0.25) is 0 Å². The number of esters is 1. The first-order valence-electron chi connectivity index (χ1n) is 11.9. The highest BCUT2D eigenvalue weighted by molar-refractivity contribution is 5.73. The van der Waals surface area contributed by atoms with Gasteiger partial charge < -0.3 is 14.4 Å². The molecule has 5 nitrogen and oxygen atoms in total. The van der Waals surface area contributed by atoms with Crippen LogP contribution in [0.5, 0.6) is 0 Å². The van der Waals surface area contributed by atoms with Gasteiger partial charge in [-0.15, -0.1) is 0 Å². The summed E-state index contributed by atoms with van der Waals surface area (Å²) in [6, 6.07) is 0. The second-order valence-electron chi connectivity index (χ2n) is 8.18. The van der Waals surface area contributed by atoms with E-state index in [0.29, 0.717) is 32.5 Å². The van der Waals surface area contributed by atoms with Gasteiger partial charge in [-0.3, -0.25) is 4.79 Å². The van der Waals surface area contributed by atoms with Crippen LogP contribution in [0.25, 0.3) is 0 Å². The highest BCUT2D eigenvalue weighted by atomic mass is 16.6. The Bertz CT molecular complexity index is 444. The van der Waals surface area contributed by atoms with Gasteiger partial charge in [0, 0.05) is 13.1 Å². The lowest BCUT2D eigenvalue weighted by atomic mass is 9.97. The Hall–Kier alpha value is -1.52. The molecular formula is C24H43NO4. The monoisotopic (exact) mass is 409 g/mol. The lowest BCUT2D eigenvalue weighted by Gasteiger charge is -2.30. The Morgan fingerprint density at radius 1 is 0.862 bits per heavy atom. The van der Waals surface area contributed by atoms with Gasteiger partial charge in [-0.2, -0.15) is 0 Å². The van der Waals surface area contributed by atoms with Gasteiger partial charge in [0.25, 0.3) is 0 Å². The molecule has 0 aromatic rings. The highest BCUT2D eigenvalue weighted by Crippen LogP contribution is 2.19. The van der Waals surface area contributed by atoms with Crippen LogP contribution in [0.15, 0.2) is 12.7 Å². The van der Waals surface area contributed by atoms with Crippen molar-refractivity contribution in [2.45, 2.75) is 96.8 Å². The van der Waals surface area contributed by atoms with Crippen molar-refractivity contribution < 1.29 is 19.1 Å². The van der Waals surface area contributed by atoms with Crippen LogP contribution in [-0.2, 0) is 14.3 Å². The molecule has 29 heavy (non-hydrogen) atoms. The third-order valence-electron chi connectivity index (χ3n) is 5.65. The van der Waals surface area contributed by atoms with E-state index < -0.39 is 0 Å². The van der Waals surface area contributed by atoms with E-state index in [2.05, 4.69) is 13.5 Å². The van der Waals surface area contributed by atoms with E-state index >= 15 is 0 Å². The van der Waals surface area contributed by atoms with Crippen molar-refractivity contribution >= 4 is 12.1 Å². The zero-order valence-electron chi connectivity index (χ0n) is 18.7. The summed E-state index contributed by atoms with van der Waals surface area (Å²) in [5, 5.41) is 0. The van der Waals surface area contributed by atoms with Gasteiger partial charge in [0.1, 0.15) is 6.61 Å². The summed E-state index contributed by atoms with van der Waals surface area (Å²) in [5.41, 5.74) is 0. The summed E-state index contributed by atoms with van der Waals surface area (Å²) in [4.78, 5) is 25.6. The van der Waals surface area contributed by atoms with Crippen LogP contribution in [-0.4, -0.2) is 43.3 Å². The maximum absolute atomic E-state index is 12.2. The van der Waals surface area contributed by atoms with Crippen LogP contribution in [0.3, 0.4) is 0 Å². The molecule has 0 spiro atoms. The van der Waals surface area contributed by atoms with Gasteiger partial charge in [-0.05, 0) is 19.3 Å². The maximum Gasteiger partial charge on any atom is 0.410 e. The fourth-order valence-electron chi connectivity index (χ4n) is 3.75. The first-order chi connectivity index (χ1) is 14.2. The van der Waals surface area contributed by atoms with Crippen molar-refractivity contribution in [1.29, 1.82) is 0 Å². The molecular weight excluding hydrogens is 366 g/mol. The molecule has 0 saturated carbocycles. The Balaban J connectivity index is 1.92. The van der Waals surface area contributed by atoms with Crippen LogP contribution in [0.1, 0.15) is 96.8 Å². The zero-order valence-corrected chi connectivity index (χ0v) is 18.7. The Labute approximate surface area is 178 Å². The SMILES string of the molecule is C=CCOC(=O)N1CCC(C(=O)OCCCCCCCCCCCCCC)CC1. The normalized spacial score (nSPS) is 14.6. The summed E-state index contributed by atoms with van der Waals surface area (Å²) in [6.07, 6.45) is 18.1. The van der Waals surface area contributed by atoms with Crippen LogP contribution in [0.4, 0.5) is 4.79 Å². The molecule has 1 rings (SSSR count). The molecule has 1 aliphatic rings. The van der Waals surface area contributed by atoms with Gasteiger partial charge in [-0.25, -0.2) is 4.79 Å². The molecule has 1 heterocycles. The molecule has 0 aromatic carbocycles. The Morgan fingerprint density at radius 3 is 1.90 bits per heavy atom. The summed E-state index contributed by atoms with van der Waals surface area (Å²) in [6.45, 7) is 7.64. The van der Waals surface area contributed by atoms with Gasteiger partial charge in [0.15, 0.2) is 0 Å². The molecule has 1 aliphatic heterocycles. The number of amides is 1. The van der Waals surface area contributed by atoms with E-state index in [1.54, 1.807) is 11.0 Å². The molecule has 0 bridgehead atoms. The van der Waals surface area contributed by atoms with E-state index in [4.69, 9.17) is 9.47 Å². The van der Waals surface area contributed by atoms with Gasteiger partial charge >= 0.3 is 12.1 Å². The topological polar surface area (TPSA) is 55.8 Å². The zero-order chi connectivity index (χ0) is 21.2. The predicted octanol–water partition coefficient (Wildman–Crippen LogP) is 6.27. The number of nitrogens with zero attached hydrogens (tertiary/aromatic N) is 1. The van der Waals surface area contributed by atoms with Crippen LogP contribution >= 0.6 is 0 Å². The van der Waals surface area contributed by atoms with Crippen molar-refractivity contribution in [3.8, 4) is 0 Å². The number of unbranched alkanes of at least 4 members (excludes halogenated alkanes) is 11. The minimum atomic E-state index is -0.326. The van der Waals surface area contributed by atoms with Gasteiger partial charge in [0.05, 0.1) is 12.5 Å². The molecule has 0 unspecified atom stereocenters. The number of carbonyl (C=O) groups excluding carboxylic acids is 2. The van der Waals surface area contributed by atoms with E-state index in [0.717, 1.165) is 12.8 Å². The molecule has 0 aromatic heterocycles. The lowest BCUT2D eigenvalue weighted by molar-refractivity contribution is -0.150. The largest absolute Gasteiger partial charge is 0.465 e. The Morgan fingerprint density at radius 2 is 1.38 bits per heavy atom. The van der Waals surface area contributed by atoms with Crippen molar-refractivity contribution in [3.05, 3.63) is 12.7 Å². The maximum atomic E-state index is 12.2. The summed E-state index contributed by atoms with van der Waals surface area (Å²) < 4.78 is 10.5. The molecule has 0 radical (unpaired) electrons. The minimum absolute atomic E-state index is 0.0872. The molecule has 5 heteroatoms. The van der Waals surface area contributed by atoms with E-state index in [9.17, 15) is 9.59 Å². The van der Waals surface area contributed by atoms with E-state index in [1.807, 2.05) is 0 Å². The summed E-state index contributed by atoms with van der Waals surface area (Å²) >= 11 is 0. The highest BCUT2D eigenvalue weighted by Gasteiger charge is 2.28. The number of hydrogen-bond acceptors (Lipinski definition) is 4. The summed E-state index contributed by atoms with van der Waals surface area (Å²) in [5.74, 6) is -0.192. The average Bonchev–Trinajstić information content (AvgIpc) is 2.75. The third kappa shape index (κ3) is 12.6. The molecule has 1 saturated heterocycles. The third-order valence-corrected chi connectivity index (χ3v) is 5.65. The molecule has 1 fully saturated rings. The first-order valence-corrected chi connectivity index (χ1v) is 11.9. The van der Waals surface area contributed by atoms with Crippen LogP contribution in [0.2, 0.25) is 0 Å². The average molecular weight is 410 g/mol. The van der Waals surface area contributed by atoms with E-state index in [1.165, 1.54) is 64.2 Å². The lowest BCUT2D eigenvalue weighted by Crippen LogP contribution is -2.41. The quantitative estimate of drug-likeness (QED) is 0.171.